The molecule has 1 atom stereocenters. The summed E-state index contributed by atoms with van der Waals surface area (Å²) in [5, 5.41) is 0. The van der Waals surface area contributed by atoms with Crippen LogP contribution in [-0.2, 0) is 14.3 Å². The smallest absolute Gasteiger partial charge is 0.337 e. The van der Waals surface area contributed by atoms with Crippen LogP contribution in [0.2, 0.25) is 0 Å². The quantitative estimate of drug-likeness (QED) is 0.488. The first-order valence-corrected chi connectivity index (χ1v) is 4.01. The molecule has 1 aliphatic carbocycles. The van der Waals surface area contributed by atoms with Gasteiger partial charge in [0.1, 0.15) is 6.10 Å². The van der Waals surface area contributed by atoms with Gasteiger partial charge in [0.2, 0.25) is 0 Å². The number of rotatable bonds is 3. The molecule has 0 bridgehead atoms. The molecule has 0 N–H and O–H groups in total. The maximum absolute atomic E-state index is 11.1. The van der Waals surface area contributed by atoms with Crippen LogP contribution in [0.4, 0.5) is 0 Å². The molecule has 0 aromatic rings. The normalized spacial score (nSPS) is 20.4. The number of esters is 1. The van der Waals surface area contributed by atoms with Gasteiger partial charge in [0.15, 0.2) is 0 Å². The van der Waals surface area contributed by atoms with E-state index in [1.165, 1.54) is 13.4 Å². The molecular weight excluding hydrogens is 168 g/mol. The van der Waals surface area contributed by atoms with Gasteiger partial charge in [-0.15, -0.1) is 0 Å². The molecule has 0 spiro atoms. The molecular formula is C10H12O3. The Hall–Kier alpha value is -1.51. The molecule has 0 aliphatic heterocycles. The van der Waals surface area contributed by atoms with Gasteiger partial charge in [-0.25, -0.2) is 4.79 Å². The Morgan fingerprint density at radius 1 is 1.77 bits per heavy atom. The standard InChI is InChI=1S/C10H12O3/c1-3-13-9-6-4-5-8(7-9)10(11)12-2/h3-5,7,9H,1,6H2,2H3/t9-/m0/s1. The van der Waals surface area contributed by atoms with Gasteiger partial charge in [0.25, 0.3) is 0 Å². The Bertz CT molecular complexity index is 261. The van der Waals surface area contributed by atoms with Crippen molar-refractivity contribution in [3.63, 3.8) is 0 Å². The van der Waals surface area contributed by atoms with Crippen molar-refractivity contribution in [2.24, 2.45) is 0 Å². The van der Waals surface area contributed by atoms with E-state index in [0.29, 0.717) is 5.57 Å². The Balaban J connectivity index is 2.68. The number of hydrogen-bond donors (Lipinski definition) is 0. The minimum atomic E-state index is -0.339. The number of carbonyl (C=O) groups is 1. The number of ether oxygens (including phenoxy) is 2. The Morgan fingerprint density at radius 2 is 2.54 bits per heavy atom. The highest BCUT2D eigenvalue weighted by molar-refractivity contribution is 5.91. The highest BCUT2D eigenvalue weighted by atomic mass is 16.5. The maximum atomic E-state index is 11.1. The molecule has 70 valence electrons. The van der Waals surface area contributed by atoms with Gasteiger partial charge in [-0.1, -0.05) is 18.7 Å². The Morgan fingerprint density at radius 3 is 3.15 bits per heavy atom. The highest BCUT2D eigenvalue weighted by Crippen LogP contribution is 2.14. The maximum Gasteiger partial charge on any atom is 0.337 e. The van der Waals surface area contributed by atoms with Crippen molar-refractivity contribution in [1.29, 1.82) is 0 Å². The van der Waals surface area contributed by atoms with Gasteiger partial charge in [0.05, 0.1) is 18.9 Å². The lowest BCUT2D eigenvalue weighted by Crippen LogP contribution is -2.13. The summed E-state index contributed by atoms with van der Waals surface area (Å²) in [4.78, 5) is 11.1. The summed E-state index contributed by atoms with van der Waals surface area (Å²) >= 11 is 0. The number of methoxy groups -OCH3 is 1. The molecule has 0 aromatic carbocycles. The van der Waals surface area contributed by atoms with Crippen LogP contribution in [0.5, 0.6) is 0 Å². The van der Waals surface area contributed by atoms with Crippen molar-refractivity contribution < 1.29 is 14.3 Å². The summed E-state index contributed by atoms with van der Waals surface area (Å²) in [7, 11) is 1.36. The third-order valence-electron chi connectivity index (χ3n) is 1.72. The van der Waals surface area contributed by atoms with Gasteiger partial charge < -0.3 is 9.47 Å². The molecule has 0 radical (unpaired) electrons. The molecule has 3 heteroatoms. The van der Waals surface area contributed by atoms with Crippen LogP contribution in [-0.4, -0.2) is 19.2 Å². The third-order valence-corrected chi connectivity index (χ3v) is 1.72. The van der Waals surface area contributed by atoms with E-state index in [2.05, 4.69) is 11.3 Å². The lowest BCUT2D eigenvalue weighted by Gasteiger charge is -2.14. The first-order valence-electron chi connectivity index (χ1n) is 4.01. The SMILES string of the molecule is C=CO[C@@H]1C=C(C(=O)OC)C=CC1. The summed E-state index contributed by atoms with van der Waals surface area (Å²) in [6, 6.07) is 0. The van der Waals surface area contributed by atoms with E-state index < -0.39 is 0 Å². The molecule has 0 amide bonds. The van der Waals surface area contributed by atoms with Gasteiger partial charge >= 0.3 is 5.97 Å². The van der Waals surface area contributed by atoms with Crippen LogP contribution in [0, 0.1) is 0 Å². The Kier molecular flexibility index (Phi) is 3.31. The predicted molar refractivity (Wildman–Crippen MR) is 48.9 cm³/mol. The fraction of sp³-hybridized carbons (Fsp3) is 0.300. The lowest BCUT2D eigenvalue weighted by atomic mass is 10.1. The van der Waals surface area contributed by atoms with E-state index in [9.17, 15) is 4.79 Å². The molecule has 3 nitrogen and oxygen atoms in total. The summed E-state index contributed by atoms with van der Waals surface area (Å²) < 4.78 is 9.71. The number of hydrogen-bond acceptors (Lipinski definition) is 3. The average molecular weight is 180 g/mol. The second kappa shape index (κ2) is 4.50. The molecule has 0 heterocycles. The van der Waals surface area contributed by atoms with Crippen molar-refractivity contribution in [3.8, 4) is 0 Å². The zero-order valence-electron chi connectivity index (χ0n) is 7.53. The van der Waals surface area contributed by atoms with Crippen LogP contribution in [0.25, 0.3) is 0 Å². The second-order valence-electron chi connectivity index (χ2n) is 2.59. The van der Waals surface area contributed by atoms with Crippen LogP contribution < -0.4 is 0 Å². The van der Waals surface area contributed by atoms with E-state index in [1.54, 1.807) is 12.2 Å². The number of carbonyl (C=O) groups excluding carboxylic acids is 1. The summed E-state index contributed by atoms with van der Waals surface area (Å²) in [5.74, 6) is -0.339. The first-order chi connectivity index (χ1) is 6.27. The van der Waals surface area contributed by atoms with Crippen LogP contribution in [0.15, 0.2) is 36.6 Å². The molecule has 0 aromatic heterocycles. The highest BCUT2D eigenvalue weighted by Gasteiger charge is 2.14. The van der Waals surface area contributed by atoms with E-state index in [-0.39, 0.29) is 12.1 Å². The van der Waals surface area contributed by atoms with Gasteiger partial charge in [-0.3, -0.25) is 0 Å². The van der Waals surface area contributed by atoms with Crippen molar-refractivity contribution in [1.82, 2.24) is 0 Å². The van der Waals surface area contributed by atoms with Crippen molar-refractivity contribution in [2.75, 3.05) is 7.11 Å². The van der Waals surface area contributed by atoms with Gasteiger partial charge in [0, 0.05) is 6.42 Å². The summed E-state index contributed by atoms with van der Waals surface area (Å²) in [6.07, 6.45) is 7.36. The average Bonchev–Trinajstić information content (AvgIpc) is 2.18. The van der Waals surface area contributed by atoms with Gasteiger partial charge in [-0.05, 0) is 6.08 Å². The minimum absolute atomic E-state index is 0.100. The summed E-state index contributed by atoms with van der Waals surface area (Å²) in [5.41, 5.74) is 0.528. The second-order valence-corrected chi connectivity index (χ2v) is 2.59. The topological polar surface area (TPSA) is 35.5 Å². The minimum Gasteiger partial charge on any atom is -0.494 e. The van der Waals surface area contributed by atoms with E-state index in [4.69, 9.17) is 4.74 Å². The molecule has 1 aliphatic rings. The molecule has 0 unspecified atom stereocenters. The van der Waals surface area contributed by atoms with Crippen molar-refractivity contribution in [2.45, 2.75) is 12.5 Å². The molecule has 0 fully saturated rings. The lowest BCUT2D eigenvalue weighted by molar-refractivity contribution is -0.135. The van der Waals surface area contributed by atoms with Gasteiger partial charge in [-0.2, -0.15) is 0 Å². The molecule has 0 saturated carbocycles. The van der Waals surface area contributed by atoms with Crippen LogP contribution in [0.1, 0.15) is 6.42 Å². The molecule has 0 saturated heterocycles. The van der Waals surface area contributed by atoms with E-state index in [1.807, 2.05) is 6.08 Å². The zero-order valence-corrected chi connectivity index (χ0v) is 7.53. The zero-order chi connectivity index (χ0) is 9.68. The van der Waals surface area contributed by atoms with Crippen LogP contribution >= 0.6 is 0 Å². The third kappa shape index (κ3) is 2.47. The van der Waals surface area contributed by atoms with Crippen molar-refractivity contribution in [3.05, 3.63) is 36.6 Å². The summed E-state index contributed by atoms with van der Waals surface area (Å²) in [6.45, 7) is 3.45. The first kappa shape index (κ1) is 9.58. The van der Waals surface area contributed by atoms with Crippen LogP contribution in [0.3, 0.4) is 0 Å². The predicted octanol–water partition coefficient (Wildman–Crippen LogP) is 1.57. The van der Waals surface area contributed by atoms with Crippen molar-refractivity contribution >= 4 is 5.97 Å². The molecule has 1 rings (SSSR count). The monoisotopic (exact) mass is 180 g/mol. The fourth-order valence-corrected chi connectivity index (χ4v) is 1.13. The molecule has 13 heavy (non-hydrogen) atoms. The Labute approximate surface area is 77.3 Å². The van der Waals surface area contributed by atoms with E-state index >= 15 is 0 Å². The largest absolute Gasteiger partial charge is 0.494 e. The fourth-order valence-electron chi connectivity index (χ4n) is 1.13. The van der Waals surface area contributed by atoms with E-state index in [0.717, 1.165) is 6.42 Å².